The van der Waals surface area contributed by atoms with Gasteiger partial charge in [0.25, 0.3) is 0 Å². The Hall–Kier alpha value is -1.73. The molecular weight excluding hydrogens is 278 g/mol. The molecule has 1 saturated heterocycles. The summed E-state index contributed by atoms with van der Waals surface area (Å²) in [4.78, 5) is 17.3. The minimum atomic E-state index is 0.562. The highest BCUT2D eigenvalue weighted by Gasteiger charge is 2.19. The van der Waals surface area contributed by atoms with Crippen LogP contribution in [0.5, 0.6) is 0 Å². The minimum Gasteiger partial charge on any atom is -0.338 e. The van der Waals surface area contributed by atoms with Crippen molar-refractivity contribution < 1.29 is 0 Å². The predicted molar refractivity (Wildman–Crippen MR) is 75.7 cm³/mol. The van der Waals surface area contributed by atoms with Crippen molar-refractivity contribution in [3.8, 4) is 0 Å². The van der Waals surface area contributed by atoms with Gasteiger partial charge in [0.05, 0.1) is 24.0 Å². The van der Waals surface area contributed by atoms with E-state index in [0.29, 0.717) is 5.02 Å². The van der Waals surface area contributed by atoms with Crippen LogP contribution in [0.15, 0.2) is 12.4 Å². The number of hydrogen-bond acceptors (Lipinski definition) is 6. The molecule has 3 heterocycles. The first-order valence-corrected chi connectivity index (χ1v) is 6.91. The third-order valence-electron chi connectivity index (χ3n) is 3.27. The van der Waals surface area contributed by atoms with Gasteiger partial charge in [0.15, 0.2) is 5.82 Å². The first-order chi connectivity index (χ1) is 9.70. The molecular formula is C12H16ClN7. The number of aromatic nitrogens is 5. The normalized spacial score (nSPS) is 16.6. The van der Waals surface area contributed by atoms with Crippen LogP contribution < -0.4 is 4.90 Å². The van der Waals surface area contributed by atoms with Crippen molar-refractivity contribution in [1.29, 1.82) is 0 Å². The van der Waals surface area contributed by atoms with Gasteiger partial charge in [-0.3, -0.25) is 10.00 Å². The van der Waals surface area contributed by atoms with Crippen LogP contribution in [0.4, 0.5) is 5.95 Å². The average Bonchev–Trinajstić information content (AvgIpc) is 2.86. The maximum atomic E-state index is 5.80. The fraction of sp³-hybridized carbons (Fsp3) is 0.500. The van der Waals surface area contributed by atoms with E-state index in [1.165, 1.54) is 0 Å². The second-order valence-corrected chi connectivity index (χ2v) is 5.24. The van der Waals surface area contributed by atoms with Crippen LogP contribution >= 0.6 is 11.6 Å². The molecule has 0 radical (unpaired) electrons. The van der Waals surface area contributed by atoms with Gasteiger partial charge in [0.2, 0.25) is 5.95 Å². The van der Waals surface area contributed by atoms with E-state index < -0.39 is 0 Å². The first-order valence-electron chi connectivity index (χ1n) is 6.53. The average molecular weight is 294 g/mol. The molecule has 0 unspecified atom stereocenters. The number of nitrogens with zero attached hydrogens (tertiary/aromatic N) is 6. The van der Waals surface area contributed by atoms with E-state index in [1.54, 1.807) is 12.4 Å². The molecule has 0 spiro atoms. The smallest absolute Gasteiger partial charge is 0.225 e. The Morgan fingerprint density at radius 3 is 2.50 bits per heavy atom. The minimum absolute atomic E-state index is 0.562. The van der Waals surface area contributed by atoms with Crippen molar-refractivity contribution >= 4 is 17.5 Å². The molecule has 0 atom stereocenters. The van der Waals surface area contributed by atoms with E-state index in [0.717, 1.165) is 50.3 Å². The highest BCUT2D eigenvalue weighted by Crippen LogP contribution is 2.13. The van der Waals surface area contributed by atoms with Crippen LogP contribution in [0.2, 0.25) is 5.02 Å². The summed E-state index contributed by atoms with van der Waals surface area (Å²) >= 11 is 5.80. The molecule has 3 rings (SSSR count). The number of hydrogen-bond donors (Lipinski definition) is 1. The summed E-state index contributed by atoms with van der Waals surface area (Å²) in [7, 11) is 0. The molecule has 2 aromatic heterocycles. The van der Waals surface area contributed by atoms with Crippen molar-refractivity contribution in [2.75, 3.05) is 31.1 Å². The number of nitrogens with one attached hydrogen (secondary N) is 1. The van der Waals surface area contributed by atoms with Crippen LogP contribution in [-0.2, 0) is 6.54 Å². The van der Waals surface area contributed by atoms with Crippen molar-refractivity contribution in [2.24, 2.45) is 0 Å². The fourth-order valence-corrected chi connectivity index (χ4v) is 2.33. The van der Waals surface area contributed by atoms with E-state index in [4.69, 9.17) is 11.6 Å². The largest absolute Gasteiger partial charge is 0.338 e. The zero-order chi connectivity index (χ0) is 13.9. The Morgan fingerprint density at radius 1 is 1.20 bits per heavy atom. The van der Waals surface area contributed by atoms with Gasteiger partial charge >= 0.3 is 0 Å². The quantitative estimate of drug-likeness (QED) is 0.905. The van der Waals surface area contributed by atoms with Crippen molar-refractivity contribution in [1.82, 2.24) is 30.0 Å². The zero-order valence-corrected chi connectivity index (χ0v) is 12.0. The van der Waals surface area contributed by atoms with E-state index in [2.05, 4.69) is 34.9 Å². The molecule has 0 aliphatic carbocycles. The number of anilines is 1. The lowest BCUT2D eigenvalue weighted by Gasteiger charge is -2.33. The summed E-state index contributed by atoms with van der Waals surface area (Å²) in [6.45, 7) is 6.36. The second kappa shape index (κ2) is 5.72. The molecule has 0 amide bonds. The number of piperazine rings is 1. The predicted octanol–water partition coefficient (Wildman–Crippen LogP) is 0.879. The summed E-state index contributed by atoms with van der Waals surface area (Å²) in [5.41, 5.74) is 0. The maximum Gasteiger partial charge on any atom is 0.225 e. The lowest BCUT2D eigenvalue weighted by Crippen LogP contribution is -2.46. The van der Waals surface area contributed by atoms with Gasteiger partial charge in [-0.15, -0.1) is 0 Å². The lowest BCUT2D eigenvalue weighted by atomic mass is 10.3. The van der Waals surface area contributed by atoms with E-state index in [9.17, 15) is 0 Å². The molecule has 1 N–H and O–H groups in total. The van der Waals surface area contributed by atoms with Crippen LogP contribution in [0, 0.1) is 6.92 Å². The molecule has 1 aliphatic rings. The Balaban J connectivity index is 1.55. The van der Waals surface area contributed by atoms with Gasteiger partial charge in [0.1, 0.15) is 5.82 Å². The summed E-state index contributed by atoms with van der Waals surface area (Å²) in [5.74, 6) is 2.44. The molecule has 1 fully saturated rings. The van der Waals surface area contributed by atoms with Crippen molar-refractivity contribution in [2.45, 2.75) is 13.5 Å². The molecule has 106 valence electrons. The number of H-pyrrole nitrogens is 1. The highest BCUT2D eigenvalue weighted by molar-refractivity contribution is 6.30. The number of rotatable bonds is 3. The van der Waals surface area contributed by atoms with E-state index >= 15 is 0 Å². The molecule has 20 heavy (non-hydrogen) atoms. The molecule has 8 heteroatoms. The van der Waals surface area contributed by atoms with Gasteiger partial charge in [-0.2, -0.15) is 5.10 Å². The molecule has 0 aromatic carbocycles. The van der Waals surface area contributed by atoms with Crippen LogP contribution in [0.25, 0.3) is 0 Å². The fourth-order valence-electron chi connectivity index (χ4n) is 2.23. The SMILES string of the molecule is Cc1nc(CN2CCN(c3ncc(Cl)cn3)CC2)n[nH]1. The molecule has 2 aromatic rings. The lowest BCUT2D eigenvalue weighted by molar-refractivity contribution is 0.243. The summed E-state index contributed by atoms with van der Waals surface area (Å²) in [5, 5.41) is 7.60. The molecule has 0 bridgehead atoms. The topological polar surface area (TPSA) is 73.8 Å². The Morgan fingerprint density at radius 2 is 1.90 bits per heavy atom. The third kappa shape index (κ3) is 3.05. The third-order valence-corrected chi connectivity index (χ3v) is 3.47. The zero-order valence-electron chi connectivity index (χ0n) is 11.3. The summed E-state index contributed by atoms with van der Waals surface area (Å²) in [6.07, 6.45) is 3.26. The van der Waals surface area contributed by atoms with Crippen LogP contribution in [-0.4, -0.2) is 56.2 Å². The van der Waals surface area contributed by atoms with Gasteiger partial charge in [-0.1, -0.05) is 11.6 Å². The van der Waals surface area contributed by atoms with Gasteiger partial charge in [-0.05, 0) is 6.92 Å². The van der Waals surface area contributed by atoms with E-state index in [-0.39, 0.29) is 0 Å². The standard InChI is InChI=1S/C12H16ClN7/c1-9-16-11(18-17-9)8-19-2-4-20(5-3-19)12-14-6-10(13)7-15-12/h6-7H,2-5,8H2,1H3,(H,16,17,18). The Labute approximate surface area is 122 Å². The summed E-state index contributed by atoms with van der Waals surface area (Å²) < 4.78 is 0. The Kier molecular flexibility index (Phi) is 3.79. The molecule has 1 aliphatic heterocycles. The van der Waals surface area contributed by atoms with Gasteiger partial charge in [0, 0.05) is 26.2 Å². The molecule has 7 nitrogen and oxygen atoms in total. The monoisotopic (exact) mass is 293 g/mol. The van der Waals surface area contributed by atoms with Crippen molar-refractivity contribution in [3.05, 3.63) is 29.1 Å². The highest BCUT2D eigenvalue weighted by atomic mass is 35.5. The number of aryl methyl sites for hydroxylation is 1. The van der Waals surface area contributed by atoms with Gasteiger partial charge in [-0.25, -0.2) is 15.0 Å². The van der Waals surface area contributed by atoms with E-state index in [1.807, 2.05) is 6.92 Å². The first kappa shape index (κ1) is 13.3. The maximum absolute atomic E-state index is 5.80. The second-order valence-electron chi connectivity index (χ2n) is 4.80. The van der Waals surface area contributed by atoms with Crippen molar-refractivity contribution in [3.63, 3.8) is 0 Å². The van der Waals surface area contributed by atoms with Crippen LogP contribution in [0.1, 0.15) is 11.6 Å². The van der Waals surface area contributed by atoms with Gasteiger partial charge < -0.3 is 4.90 Å². The van der Waals surface area contributed by atoms with Crippen LogP contribution in [0.3, 0.4) is 0 Å². The summed E-state index contributed by atoms with van der Waals surface area (Å²) in [6, 6.07) is 0. The number of aromatic amines is 1. The Bertz CT molecular complexity index is 559. The number of halogens is 1. The molecule has 0 saturated carbocycles.